The molecule has 1 aliphatic heterocycles. The molecule has 2 rings (SSSR count). The van der Waals surface area contributed by atoms with E-state index < -0.39 is 5.41 Å². The van der Waals surface area contributed by atoms with Crippen molar-refractivity contribution in [3.8, 4) is 5.75 Å². The first-order valence-electron chi connectivity index (χ1n) is 7.67. The summed E-state index contributed by atoms with van der Waals surface area (Å²) in [5, 5.41) is 9.82. The molecule has 0 aromatic heterocycles. The van der Waals surface area contributed by atoms with Gasteiger partial charge in [-0.2, -0.15) is 0 Å². The average Bonchev–Trinajstić information content (AvgIpc) is 2.71. The molecular weight excluding hydrogens is 280 g/mol. The van der Waals surface area contributed by atoms with Gasteiger partial charge in [-0.1, -0.05) is 32.9 Å². The number of carbonyl (C=O) groups excluding carboxylic acids is 2. The molecule has 0 saturated carbocycles. The van der Waals surface area contributed by atoms with Gasteiger partial charge in [-0.15, -0.1) is 0 Å². The van der Waals surface area contributed by atoms with Crippen molar-refractivity contribution < 1.29 is 14.7 Å². The van der Waals surface area contributed by atoms with Gasteiger partial charge < -0.3 is 14.9 Å². The van der Waals surface area contributed by atoms with Gasteiger partial charge in [-0.3, -0.25) is 9.59 Å². The van der Waals surface area contributed by atoms with Crippen molar-refractivity contribution >= 4 is 11.8 Å². The number of hydrogen-bond donors (Lipinski definition) is 1. The molecule has 5 heteroatoms. The number of rotatable bonds is 1. The average molecular weight is 304 g/mol. The summed E-state index contributed by atoms with van der Waals surface area (Å²) in [5.41, 5.74) is -0.0882. The molecule has 0 spiro atoms. The number of hydrogen-bond acceptors (Lipinski definition) is 3. The fraction of sp³-hybridized carbons (Fsp3) is 0.529. The topological polar surface area (TPSA) is 60.9 Å². The highest BCUT2D eigenvalue weighted by Crippen LogP contribution is 2.21. The maximum atomic E-state index is 12.5. The van der Waals surface area contributed by atoms with Gasteiger partial charge in [-0.25, -0.2) is 0 Å². The highest BCUT2D eigenvalue weighted by atomic mass is 16.3. The van der Waals surface area contributed by atoms with Crippen molar-refractivity contribution in [1.29, 1.82) is 0 Å². The van der Waals surface area contributed by atoms with Gasteiger partial charge in [0.05, 0.1) is 5.56 Å². The van der Waals surface area contributed by atoms with Crippen molar-refractivity contribution in [3.63, 3.8) is 0 Å². The van der Waals surface area contributed by atoms with Gasteiger partial charge in [-0.05, 0) is 18.6 Å². The van der Waals surface area contributed by atoms with Crippen LogP contribution in [-0.2, 0) is 4.79 Å². The molecule has 0 atom stereocenters. The fourth-order valence-electron chi connectivity index (χ4n) is 2.62. The summed E-state index contributed by atoms with van der Waals surface area (Å²) in [6.45, 7) is 8.02. The maximum Gasteiger partial charge on any atom is 0.257 e. The summed E-state index contributed by atoms with van der Waals surface area (Å²) in [7, 11) is 0. The summed E-state index contributed by atoms with van der Waals surface area (Å²) in [5.74, 6) is -0.0631. The van der Waals surface area contributed by atoms with Crippen LogP contribution in [0.1, 0.15) is 37.6 Å². The molecule has 1 saturated heterocycles. The SMILES string of the molecule is CC(C)(C)C(=O)N1CCCN(C(=O)c2ccccc2O)CC1. The number of phenols is 1. The minimum absolute atomic E-state index is 0.000582. The van der Waals surface area contributed by atoms with E-state index >= 15 is 0 Å². The molecule has 5 nitrogen and oxygen atoms in total. The second-order valence-corrected chi connectivity index (χ2v) is 6.71. The lowest BCUT2D eigenvalue weighted by molar-refractivity contribution is -0.139. The molecule has 22 heavy (non-hydrogen) atoms. The van der Waals surface area contributed by atoms with Crippen LogP contribution >= 0.6 is 0 Å². The fourth-order valence-corrected chi connectivity index (χ4v) is 2.62. The minimum atomic E-state index is -0.406. The second-order valence-electron chi connectivity index (χ2n) is 6.71. The Morgan fingerprint density at radius 1 is 1.00 bits per heavy atom. The lowest BCUT2D eigenvalue weighted by atomic mass is 9.94. The van der Waals surface area contributed by atoms with E-state index in [0.29, 0.717) is 31.7 Å². The van der Waals surface area contributed by atoms with Gasteiger partial charge in [0, 0.05) is 31.6 Å². The predicted molar refractivity (Wildman–Crippen MR) is 84.7 cm³/mol. The molecule has 0 bridgehead atoms. The molecule has 1 aromatic rings. The summed E-state index contributed by atoms with van der Waals surface area (Å²) >= 11 is 0. The number of nitrogens with zero attached hydrogens (tertiary/aromatic N) is 2. The molecule has 0 aliphatic carbocycles. The Labute approximate surface area is 131 Å². The van der Waals surface area contributed by atoms with Crippen LogP contribution in [-0.4, -0.2) is 52.9 Å². The standard InChI is InChI=1S/C17H24N2O3/c1-17(2,3)16(22)19-10-6-9-18(11-12-19)15(21)13-7-4-5-8-14(13)20/h4-5,7-8,20H,6,9-12H2,1-3H3. The molecule has 1 aromatic carbocycles. The number of phenolic OH excluding ortho intramolecular Hbond substituents is 1. The van der Waals surface area contributed by atoms with E-state index in [1.165, 1.54) is 6.07 Å². The first kappa shape index (κ1) is 16.3. The first-order chi connectivity index (χ1) is 10.3. The first-order valence-corrected chi connectivity index (χ1v) is 7.67. The highest BCUT2D eigenvalue weighted by molar-refractivity contribution is 5.96. The minimum Gasteiger partial charge on any atom is -0.507 e. The highest BCUT2D eigenvalue weighted by Gasteiger charge is 2.29. The Balaban J connectivity index is 2.06. The van der Waals surface area contributed by atoms with Crippen LogP contribution in [0.25, 0.3) is 0 Å². The summed E-state index contributed by atoms with van der Waals surface area (Å²) in [6.07, 6.45) is 0.751. The van der Waals surface area contributed by atoms with E-state index in [0.717, 1.165) is 6.42 Å². The van der Waals surface area contributed by atoms with Crippen LogP contribution in [0.5, 0.6) is 5.75 Å². The van der Waals surface area contributed by atoms with Crippen LogP contribution < -0.4 is 0 Å². The van der Waals surface area contributed by atoms with E-state index in [2.05, 4.69) is 0 Å². The molecule has 2 amide bonds. The Hall–Kier alpha value is -2.04. The van der Waals surface area contributed by atoms with Crippen molar-refractivity contribution in [3.05, 3.63) is 29.8 Å². The zero-order valence-corrected chi connectivity index (χ0v) is 13.5. The van der Waals surface area contributed by atoms with Crippen LogP contribution in [0.15, 0.2) is 24.3 Å². The van der Waals surface area contributed by atoms with Crippen molar-refractivity contribution in [2.45, 2.75) is 27.2 Å². The van der Waals surface area contributed by atoms with Gasteiger partial charge >= 0.3 is 0 Å². The molecule has 1 fully saturated rings. The summed E-state index contributed by atoms with van der Waals surface area (Å²) in [6, 6.07) is 6.57. The molecule has 0 unspecified atom stereocenters. The lowest BCUT2D eigenvalue weighted by Crippen LogP contribution is -2.42. The largest absolute Gasteiger partial charge is 0.507 e. The van der Waals surface area contributed by atoms with Crippen LogP contribution in [0.2, 0.25) is 0 Å². The van der Waals surface area contributed by atoms with E-state index in [1.54, 1.807) is 23.1 Å². The predicted octanol–water partition coefficient (Wildman–Crippen LogP) is 2.11. The van der Waals surface area contributed by atoms with E-state index in [4.69, 9.17) is 0 Å². The summed E-state index contributed by atoms with van der Waals surface area (Å²) in [4.78, 5) is 28.4. The molecule has 1 N–H and O–H groups in total. The van der Waals surface area contributed by atoms with Crippen LogP contribution in [0.4, 0.5) is 0 Å². The van der Waals surface area contributed by atoms with Gasteiger partial charge in [0.15, 0.2) is 0 Å². The van der Waals surface area contributed by atoms with Crippen molar-refractivity contribution in [1.82, 2.24) is 9.80 Å². The van der Waals surface area contributed by atoms with E-state index in [9.17, 15) is 14.7 Å². The van der Waals surface area contributed by atoms with Gasteiger partial charge in [0.1, 0.15) is 5.75 Å². The number of carbonyl (C=O) groups is 2. The maximum absolute atomic E-state index is 12.5. The number of aromatic hydroxyl groups is 1. The van der Waals surface area contributed by atoms with E-state index in [-0.39, 0.29) is 17.6 Å². The molecular formula is C17H24N2O3. The number of benzene rings is 1. The molecule has 0 radical (unpaired) electrons. The van der Waals surface area contributed by atoms with Crippen LogP contribution in [0, 0.1) is 5.41 Å². The zero-order valence-electron chi connectivity index (χ0n) is 13.5. The Kier molecular flexibility index (Phi) is 4.74. The third-order valence-electron chi connectivity index (χ3n) is 3.85. The third kappa shape index (κ3) is 3.59. The van der Waals surface area contributed by atoms with Crippen LogP contribution in [0.3, 0.4) is 0 Å². The lowest BCUT2D eigenvalue weighted by Gasteiger charge is -2.28. The smallest absolute Gasteiger partial charge is 0.257 e. The van der Waals surface area contributed by atoms with Crippen molar-refractivity contribution in [2.24, 2.45) is 5.41 Å². The Bertz CT molecular complexity index is 563. The normalized spacial score (nSPS) is 16.3. The summed E-state index contributed by atoms with van der Waals surface area (Å²) < 4.78 is 0. The van der Waals surface area contributed by atoms with E-state index in [1.807, 2.05) is 25.7 Å². The number of para-hydroxylation sites is 1. The molecule has 120 valence electrons. The Morgan fingerprint density at radius 3 is 2.23 bits per heavy atom. The monoisotopic (exact) mass is 304 g/mol. The van der Waals surface area contributed by atoms with Gasteiger partial charge in [0.25, 0.3) is 5.91 Å². The molecule has 1 aliphatic rings. The third-order valence-corrected chi connectivity index (χ3v) is 3.85. The molecule has 1 heterocycles. The Morgan fingerprint density at radius 2 is 1.59 bits per heavy atom. The number of amides is 2. The van der Waals surface area contributed by atoms with Crippen molar-refractivity contribution in [2.75, 3.05) is 26.2 Å². The van der Waals surface area contributed by atoms with Gasteiger partial charge in [0.2, 0.25) is 5.91 Å². The quantitative estimate of drug-likeness (QED) is 0.864. The zero-order chi connectivity index (χ0) is 16.3. The second kappa shape index (κ2) is 6.38.